The topological polar surface area (TPSA) is 35.5 Å². The predicted octanol–water partition coefficient (Wildman–Crippen LogP) is 2.01. The maximum atomic E-state index is 9.30. The minimum absolute atomic E-state index is 0.347. The van der Waals surface area contributed by atoms with Gasteiger partial charge >= 0.3 is 0 Å². The molecular formula is C15H24N2O. The van der Waals surface area contributed by atoms with E-state index < -0.39 is 0 Å². The summed E-state index contributed by atoms with van der Waals surface area (Å²) in [5.41, 5.74) is 1.30. The number of hydrogen-bond acceptors (Lipinski definition) is 3. The molecule has 2 rings (SSSR count). The molecule has 1 saturated heterocycles. The average Bonchev–Trinajstić information content (AvgIpc) is 2.29. The molecule has 3 nitrogen and oxygen atoms in total. The first-order valence-electron chi connectivity index (χ1n) is 6.95. The molecule has 100 valence electrons. The third-order valence-corrected chi connectivity index (χ3v) is 3.74. The number of aromatic hydroxyl groups is 1. The van der Waals surface area contributed by atoms with Crippen LogP contribution >= 0.6 is 0 Å². The number of rotatable bonds is 6. The van der Waals surface area contributed by atoms with Crippen molar-refractivity contribution in [1.82, 2.24) is 10.2 Å². The number of phenols is 1. The molecule has 1 aromatic carbocycles. The molecule has 0 spiro atoms. The van der Waals surface area contributed by atoms with Crippen LogP contribution in [0.25, 0.3) is 0 Å². The molecule has 18 heavy (non-hydrogen) atoms. The van der Waals surface area contributed by atoms with E-state index in [1.54, 1.807) is 12.1 Å². The molecule has 0 amide bonds. The Morgan fingerprint density at radius 3 is 2.50 bits per heavy atom. The molecule has 0 bridgehead atoms. The van der Waals surface area contributed by atoms with E-state index in [1.165, 1.54) is 18.5 Å². The number of benzene rings is 1. The Bertz CT molecular complexity index is 359. The first-order chi connectivity index (χ1) is 8.70. The van der Waals surface area contributed by atoms with Crippen molar-refractivity contribution in [1.29, 1.82) is 0 Å². The molecule has 0 radical (unpaired) electrons. The minimum atomic E-state index is 0.347. The second-order valence-electron chi connectivity index (χ2n) is 5.27. The van der Waals surface area contributed by atoms with E-state index in [0.29, 0.717) is 17.8 Å². The summed E-state index contributed by atoms with van der Waals surface area (Å²) in [4.78, 5) is 2.61. The van der Waals surface area contributed by atoms with Gasteiger partial charge in [-0.1, -0.05) is 19.1 Å². The second kappa shape index (κ2) is 6.21. The van der Waals surface area contributed by atoms with Crippen molar-refractivity contribution in [2.75, 3.05) is 19.6 Å². The molecular weight excluding hydrogens is 224 g/mol. The van der Waals surface area contributed by atoms with E-state index in [-0.39, 0.29) is 0 Å². The number of nitrogens with one attached hydrogen (secondary N) is 1. The lowest BCUT2D eigenvalue weighted by atomic mass is 10.0. The van der Waals surface area contributed by atoms with E-state index in [2.05, 4.69) is 24.1 Å². The lowest BCUT2D eigenvalue weighted by Gasteiger charge is -2.42. The molecule has 1 atom stereocenters. The van der Waals surface area contributed by atoms with Crippen molar-refractivity contribution in [2.45, 2.75) is 38.8 Å². The molecule has 3 heteroatoms. The van der Waals surface area contributed by atoms with Gasteiger partial charge in [0.15, 0.2) is 0 Å². The Hall–Kier alpha value is -1.06. The summed E-state index contributed by atoms with van der Waals surface area (Å²) in [6.45, 7) is 7.97. The molecule has 1 aliphatic heterocycles. The Balaban J connectivity index is 1.95. The van der Waals surface area contributed by atoms with Gasteiger partial charge in [-0.05, 0) is 44.0 Å². The standard InChI is InChI=1S/C15H24N2O/c1-3-8-17(14-10-16-11-14)12(2)9-13-4-6-15(18)7-5-13/h4-7,12,14,16,18H,3,8-11H2,1-2H3. The van der Waals surface area contributed by atoms with Crippen LogP contribution in [0.5, 0.6) is 5.75 Å². The zero-order valence-corrected chi connectivity index (χ0v) is 11.4. The zero-order valence-electron chi connectivity index (χ0n) is 11.4. The fraction of sp³-hybridized carbons (Fsp3) is 0.600. The smallest absolute Gasteiger partial charge is 0.115 e. The van der Waals surface area contributed by atoms with E-state index in [9.17, 15) is 5.11 Å². The van der Waals surface area contributed by atoms with E-state index >= 15 is 0 Å². The third kappa shape index (κ3) is 3.24. The summed E-state index contributed by atoms with van der Waals surface area (Å²) in [6.07, 6.45) is 2.26. The van der Waals surface area contributed by atoms with Gasteiger partial charge in [-0.2, -0.15) is 0 Å². The van der Waals surface area contributed by atoms with Gasteiger partial charge in [-0.25, -0.2) is 0 Å². The van der Waals surface area contributed by atoms with Gasteiger partial charge in [-0.3, -0.25) is 4.90 Å². The highest BCUT2D eigenvalue weighted by molar-refractivity contribution is 5.26. The first-order valence-corrected chi connectivity index (χ1v) is 6.95. The van der Waals surface area contributed by atoms with Crippen LogP contribution in [0.15, 0.2) is 24.3 Å². The first kappa shape index (κ1) is 13.4. The van der Waals surface area contributed by atoms with Crippen molar-refractivity contribution in [3.05, 3.63) is 29.8 Å². The molecule has 0 aliphatic carbocycles. The maximum absolute atomic E-state index is 9.30. The minimum Gasteiger partial charge on any atom is -0.508 e. The molecule has 1 unspecified atom stereocenters. The molecule has 2 N–H and O–H groups in total. The summed E-state index contributed by atoms with van der Waals surface area (Å²) in [5, 5.41) is 12.7. The van der Waals surface area contributed by atoms with Crippen LogP contribution in [0.4, 0.5) is 0 Å². The van der Waals surface area contributed by atoms with Gasteiger partial charge in [0.2, 0.25) is 0 Å². The lowest BCUT2D eigenvalue weighted by molar-refractivity contribution is 0.103. The quantitative estimate of drug-likeness (QED) is 0.808. The normalized spacial score (nSPS) is 17.7. The fourth-order valence-electron chi connectivity index (χ4n) is 2.62. The zero-order chi connectivity index (χ0) is 13.0. The van der Waals surface area contributed by atoms with Gasteiger partial charge in [-0.15, -0.1) is 0 Å². The van der Waals surface area contributed by atoms with Crippen LogP contribution in [0.3, 0.4) is 0 Å². The SMILES string of the molecule is CCCN(C(C)Cc1ccc(O)cc1)C1CNC1. The van der Waals surface area contributed by atoms with Gasteiger partial charge in [0, 0.05) is 25.2 Å². The molecule has 1 fully saturated rings. The van der Waals surface area contributed by atoms with Gasteiger partial charge in [0.25, 0.3) is 0 Å². The van der Waals surface area contributed by atoms with Crippen LogP contribution in [0.1, 0.15) is 25.8 Å². The Labute approximate surface area is 110 Å². The highest BCUT2D eigenvalue weighted by Crippen LogP contribution is 2.17. The molecule has 0 saturated carbocycles. The second-order valence-corrected chi connectivity index (χ2v) is 5.27. The average molecular weight is 248 g/mol. The van der Waals surface area contributed by atoms with E-state index in [0.717, 1.165) is 19.5 Å². The number of hydrogen-bond donors (Lipinski definition) is 2. The van der Waals surface area contributed by atoms with Gasteiger partial charge in [0.05, 0.1) is 0 Å². The van der Waals surface area contributed by atoms with Gasteiger partial charge < -0.3 is 10.4 Å². The summed E-state index contributed by atoms with van der Waals surface area (Å²) in [7, 11) is 0. The molecule has 0 aromatic heterocycles. The van der Waals surface area contributed by atoms with Crippen LogP contribution in [0.2, 0.25) is 0 Å². The highest BCUT2D eigenvalue weighted by Gasteiger charge is 2.27. The van der Waals surface area contributed by atoms with Crippen LogP contribution < -0.4 is 5.32 Å². The van der Waals surface area contributed by atoms with Crippen molar-refractivity contribution in [2.24, 2.45) is 0 Å². The Morgan fingerprint density at radius 1 is 1.33 bits per heavy atom. The number of phenolic OH excluding ortho intramolecular Hbond substituents is 1. The van der Waals surface area contributed by atoms with Crippen LogP contribution in [-0.2, 0) is 6.42 Å². The van der Waals surface area contributed by atoms with Crippen molar-refractivity contribution in [3.8, 4) is 5.75 Å². The van der Waals surface area contributed by atoms with E-state index in [1.807, 2.05) is 12.1 Å². The molecule has 1 heterocycles. The van der Waals surface area contributed by atoms with Crippen LogP contribution in [0, 0.1) is 0 Å². The summed E-state index contributed by atoms with van der Waals surface area (Å²) >= 11 is 0. The summed E-state index contributed by atoms with van der Waals surface area (Å²) in [6, 6.07) is 8.86. The van der Waals surface area contributed by atoms with E-state index in [4.69, 9.17) is 0 Å². The molecule has 1 aromatic rings. The molecule has 1 aliphatic rings. The predicted molar refractivity (Wildman–Crippen MR) is 74.9 cm³/mol. The monoisotopic (exact) mass is 248 g/mol. The van der Waals surface area contributed by atoms with Crippen molar-refractivity contribution >= 4 is 0 Å². The third-order valence-electron chi connectivity index (χ3n) is 3.74. The van der Waals surface area contributed by atoms with Crippen LogP contribution in [-0.4, -0.2) is 41.7 Å². The largest absolute Gasteiger partial charge is 0.508 e. The van der Waals surface area contributed by atoms with Crippen molar-refractivity contribution in [3.63, 3.8) is 0 Å². The number of nitrogens with zero attached hydrogens (tertiary/aromatic N) is 1. The Morgan fingerprint density at radius 2 is 2.00 bits per heavy atom. The van der Waals surface area contributed by atoms with Gasteiger partial charge in [0.1, 0.15) is 5.75 Å². The van der Waals surface area contributed by atoms with Crippen molar-refractivity contribution < 1.29 is 5.11 Å². The summed E-state index contributed by atoms with van der Waals surface area (Å²) < 4.78 is 0. The lowest BCUT2D eigenvalue weighted by Crippen LogP contribution is -2.59. The maximum Gasteiger partial charge on any atom is 0.115 e. The Kier molecular flexibility index (Phi) is 4.61. The summed E-state index contributed by atoms with van der Waals surface area (Å²) in [5.74, 6) is 0.347. The fourth-order valence-corrected chi connectivity index (χ4v) is 2.62. The highest BCUT2D eigenvalue weighted by atomic mass is 16.3.